The summed E-state index contributed by atoms with van der Waals surface area (Å²) >= 11 is 0. The van der Waals surface area contributed by atoms with E-state index in [1.807, 2.05) is 0 Å². The summed E-state index contributed by atoms with van der Waals surface area (Å²) in [6, 6.07) is 8.48. The van der Waals surface area contributed by atoms with Crippen LogP contribution in [0.2, 0.25) is 0 Å². The van der Waals surface area contributed by atoms with Gasteiger partial charge in [0.25, 0.3) is 0 Å². The van der Waals surface area contributed by atoms with Crippen molar-refractivity contribution in [3.8, 4) is 5.88 Å². The minimum absolute atomic E-state index is 0.0973. The minimum Gasteiger partial charge on any atom is -0.493 e. The molecule has 0 atom stereocenters. The van der Waals surface area contributed by atoms with Gasteiger partial charge in [0.2, 0.25) is 5.88 Å². The first-order valence-corrected chi connectivity index (χ1v) is 7.36. The number of fused-ring (bicyclic) bond motifs is 1. The van der Waals surface area contributed by atoms with E-state index in [9.17, 15) is 14.7 Å². The summed E-state index contributed by atoms with van der Waals surface area (Å²) in [4.78, 5) is 23.6. The third-order valence-electron chi connectivity index (χ3n) is 3.60. The molecular formula is C16H15N5O4. The van der Waals surface area contributed by atoms with E-state index in [2.05, 4.69) is 25.2 Å². The second-order valence-electron chi connectivity index (χ2n) is 5.29. The van der Waals surface area contributed by atoms with Crippen molar-refractivity contribution in [2.24, 2.45) is 10.2 Å². The van der Waals surface area contributed by atoms with E-state index in [1.54, 1.807) is 37.3 Å². The number of esters is 1. The largest absolute Gasteiger partial charge is 0.493 e. The second-order valence-corrected chi connectivity index (χ2v) is 5.29. The lowest BCUT2D eigenvalue weighted by Crippen LogP contribution is -2.10. The van der Waals surface area contributed by atoms with Crippen molar-refractivity contribution in [3.05, 3.63) is 41.7 Å². The summed E-state index contributed by atoms with van der Waals surface area (Å²) in [6.45, 7) is 1.57. The van der Waals surface area contributed by atoms with Gasteiger partial charge in [0, 0.05) is 11.1 Å². The number of aromatic nitrogens is 3. The lowest BCUT2D eigenvalue weighted by atomic mass is 10.2. The molecule has 0 aliphatic rings. The molecule has 0 saturated heterocycles. The Balaban J connectivity index is 2.01. The fourth-order valence-electron chi connectivity index (χ4n) is 2.40. The molecule has 25 heavy (non-hydrogen) atoms. The number of nitrogens with zero attached hydrogens (tertiary/aromatic N) is 4. The highest BCUT2D eigenvalue weighted by Crippen LogP contribution is 2.38. The molecule has 0 aliphatic heterocycles. The predicted molar refractivity (Wildman–Crippen MR) is 87.8 cm³/mol. The SMILES string of the molecule is COC(=O)Cn1c(O)c(N=NC(=O)c2cc(C)[nH]n2)c2ccccc21. The second kappa shape index (κ2) is 6.56. The number of ether oxygens (including phenoxy) is 1. The monoisotopic (exact) mass is 341 g/mol. The van der Waals surface area contributed by atoms with Crippen LogP contribution >= 0.6 is 0 Å². The third-order valence-corrected chi connectivity index (χ3v) is 3.60. The van der Waals surface area contributed by atoms with Crippen LogP contribution in [0.4, 0.5) is 5.69 Å². The normalized spacial score (nSPS) is 11.3. The number of aryl methyl sites for hydroxylation is 1. The molecule has 1 aromatic carbocycles. The zero-order chi connectivity index (χ0) is 18.0. The van der Waals surface area contributed by atoms with Crippen molar-refractivity contribution >= 4 is 28.5 Å². The number of carbonyl (C=O) groups excluding carboxylic acids is 2. The summed E-state index contributed by atoms with van der Waals surface area (Å²) < 4.78 is 5.98. The average Bonchev–Trinajstić information content (AvgIpc) is 3.16. The van der Waals surface area contributed by atoms with E-state index in [0.717, 1.165) is 5.69 Å². The third kappa shape index (κ3) is 3.11. The Morgan fingerprint density at radius 3 is 2.80 bits per heavy atom. The number of carbonyl (C=O) groups is 2. The van der Waals surface area contributed by atoms with E-state index >= 15 is 0 Å². The lowest BCUT2D eigenvalue weighted by Gasteiger charge is -2.04. The highest BCUT2D eigenvalue weighted by molar-refractivity contribution is 5.97. The topological polar surface area (TPSA) is 122 Å². The van der Waals surface area contributed by atoms with Crippen molar-refractivity contribution in [1.82, 2.24) is 14.8 Å². The van der Waals surface area contributed by atoms with Gasteiger partial charge < -0.3 is 9.84 Å². The Hall–Kier alpha value is -3.49. The molecule has 0 unspecified atom stereocenters. The molecule has 1 amide bonds. The maximum atomic E-state index is 12.0. The summed E-state index contributed by atoms with van der Waals surface area (Å²) in [5, 5.41) is 24.9. The van der Waals surface area contributed by atoms with E-state index < -0.39 is 11.9 Å². The van der Waals surface area contributed by atoms with Gasteiger partial charge in [-0.05, 0) is 19.1 Å². The van der Waals surface area contributed by atoms with Gasteiger partial charge in [-0.1, -0.05) is 18.2 Å². The zero-order valence-corrected chi connectivity index (χ0v) is 13.6. The van der Waals surface area contributed by atoms with Crippen molar-refractivity contribution in [2.45, 2.75) is 13.5 Å². The minimum atomic E-state index is -0.645. The number of para-hydroxylation sites is 1. The van der Waals surface area contributed by atoms with Gasteiger partial charge in [-0.3, -0.25) is 19.3 Å². The molecule has 0 saturated carbocycles. The van der Waals surface area contributed by atoms with Crippen molar-refractivity contribution in [3.63, 3.8) is 0 Å². The predicted octanol–water partition coefficient (Wildman–Crippen LogP) is 2.48. The summed E-state index contributed by atoms with van der Waals surface area (Å²) in [5.41, 5.74) is 1.51. The quantitative estimate of drug-likeness (QED) is 0.557. The van der Waals surface area contributed by atoms with Gasteiger partial charge in [0.15, 0.2) is 11.4 Å². The molecule has 0 bridgehead atoms. The van der Waals surface area contributed by atoms with E-state index in [0.29, 0.717) is 10.9 Å². The molecule has 0 radical (unpaired) electrons. The van der Waals surface area contributed by atoms with Gasteiger partial charge in [-0.15, -0.1) is 10.2 Å². The Labute approximate surface area is 141 Å². The van der Waals surface area contributed by atoms with Crippen LogP contribution in [0.15, 0.2) is 40.6 Å². The van der Waals surface area contributed by atoms with Crippen LogP contribution in [0.1, 0.15) is 16.2 Å². The van der Waals surface area contributed by atoms with Crippen LogP contribution in [-0.4, -0.2) is 38.9 Å². The van der Waals surface area contributed by atoms with Gasteiger partial charge in [-0.25, -0.2) is 0 Å². The van der Waals surface area contributed by atoms with E-state index in [4.69, 9.17) is 0 Å². The molecule has 0 fully saturated rings. The molecule has 0 spiro atoms. The number of hydrogen-bond acceptors (Lipinski definition) is 6. The molecule has 2 N–H and O–H groups in total. The summed E-state index contributed by atoms with van der Waals surface area (Å²) in [7, 11) is 1.26. The number of amides is 1. The molecular weight excluding hydrogens is 326 g/mol. The first-order chi connectivity index (χ1) is 12.0. The first-order valence-electron chi connectivity index (χ1n) is 7.36. The van der Waals surface area contributed by atoms with Crippen LogP contribution < -0.4 is 0 Å². The zero-order valence-electron chi connectivity index (χ0n) is 13.6. The number of H-pyrrole nitrogens is 1. The Morgan fingerprint density at radius 2 is 2.12 bits per heavy atom. The summed E-state index contributed by atoms with van der Waals surface area (Å²) in [6.07, 6.45) is 0. The van der Waals surface area contributed by atoms with Crippen molar-refractivity contribution < 1.29 is 19.4 Å². The van der Waals surface area contributed by atoms with Crippen molar-refractivity contribution in [1.29, 1.82) is 0 Å². The molecule has 9 nitrogen and oxygen atoms in total. The fraction of sp³-hybridized carbons (Fsp3) is 0.188. The van der Waals surface area contributed by atoms with Crippen LogP contribution in [0.25, 0.3) is 10.9 Å². The summed E-state index contributed by atoms with van der Waals surface area (Å²) in [5.74, 6) is -1.45. The number of aromatic amines is 1. The Morgan fingerprint density at radius 1 is 1.36 bits per heavy atom. The van der Waals surface area contributed by atoms with Crippen LogP contribution in [-0.2, 0) is 16.1 Å². The average molecular weight is 341 g/mol. The molecule has 2 heterocycles. The number of azo groups is 1. The van der Waals surface area contributed by atoms with Crippen LogP contribution in [0.3, 0.4) is 0 Å². The highest BCUT2D eigenvalue weighted by Gasteiger charge is 2.19. The standard InChI is InChI=1S/C16H15N5O4/c1-9-7-11(18-17-9)15(23)20-19-14-10-5-3-4-6-12(10)21(16(14)24)8-13(22)25-2/h3-7,24H,8H2,1-2H3,(H,17,18). The van der Waals surface area contributed by atoms with Crippen LogP contribution in [0.5, 0.6) is 5.88 Å². The Kier molecular flexibility index (Phi) is 4.29. The fourth-order valence-corrected chi connectivity index (χ4v) is 2.40. The number of rotatable bonds is 4. The number of nitrogens with one attached hydrogen (secondary N) is 1. The smallest absolute Gasteiger partial charge is 0.325 e. The number of methoxy groups -OCH3 is 1. The first kappa shape index (κ1) is 16.4. The van der Waals surface area contributed by atoms with Gasteiger partial charge in [-0.2, -0.15) is 5.10 Å². The van der Waals surface area contributed by atoms with Crippen LogP contribution in [0, 0.1) is 6.92 Å². The molecule has 128 valence electrons. The maximum absolute atomic E-state index is 12.0. The Bertz CT molecular complexity index is 986. The molecule has 9 heteroatoms. The molecule has 2 aromatic heterocycles. The van der Waals surface area contributed by atoms with Gasteiger partial charge >= 0.3 is 11.9 Å². The maximum Gasteiger partial charge on any atom is 0.325 e. The van der Waals surface area contributed by atoms with E-state index in [1.165, 1.54) is 11.7 Å². The number of hydrogen-bond donors (Lipinski definition) is 2. The lowest BCUT2D eigenvalue weighted by molar-refractivity contribution is -0.141. The van der Waals surface area contributed by atoms with Gasteiger partial charge in [0.1, 0.15) is 6.54 Å². The molecule has 0 aliphatic carbocycles. The molecule has 3 rings (SSSR count). The molecule has 3 aromatic rings. The van der Waals surface area contributed by atoms with Gasteiger partial charge in [0.05, 0.1) is 12.6 Å². The number of benzene rings is 1. The number of aromatic hydroxyl groups is 1. The highest BCUT2D eigenvalue weighted by atomic mass is 16.5. The van der Waals surface area contributed by atoms with Crippen molar-refractivity contribution in [2.75, 3.05) is 7.11 Å². The van der Waals surface area contributed by atoms with E-state index in [-0.39, 0.29) is 23.8 Å².